The van der Waals surface area contributed by atoms with E-state index in [1.807, 2.05) is 6.92 Å². The van der Waals surface area contributed by atoms with Gasteiger partial charge in [-0.25, -0.2) is 0 Å². The zero-order valence-electron chi connectivity index (χ0n) is 15.1. The van der Waals surface area contributed by atoms with Gasteiger partial charge in [0.05, 0.1) is 25.4 Å². The number of aliphatic imine (C=N–C) groups is 1. The van der Waals surface area contributed by atoms with Crippen molar-refractivity contribution in [2.75, 3.05) is 46.0 Å². The molecule has 0 aromatic heterocycles. The van der Waals surface area contributed by atoms with Gasteiger partial charge in [0.25, 0.3) is 0 Å². The lowest BCUT2D eigenvalue weighted by molar-refractivity contribution is 0.0258. The minimum absolute atomic E-state index is 0. The van der Waals surface area contributed by atoms with Gasteiger partial charge >= 0.3 is 0 Å². The monoisotopic (exact) mass is 455 g/mol. The van der Waals surface area contributed by atoms with Crippen LogP contribution in [0.1, 0.15) is 39.5 Å². The van der Waals surface area contributed by atoms with Crippen molar-refractivity contribution >= 4 is 29.9 Å². The maximum Gasteiger partial charge on any atom is 0.194 e. The topological polar surface area (TPSA) is 66.3 Å². The van der Waals surface area contributed by atoms with Crippen molar-refractivity contribution in [1.29, 1.82) is 0 Å². The molecular weight excluding hydrogens is 421 g/mol. The number of ether oxygens (including phenoxy) is 2. The number of hydrogen-bond donors (Lipinski definition) is 2. The summed E-state index contributed by atoms with van der Waals surface area (Å²) < 4.78 is 11.2. The molecular formula is C17H34IN3O3. The first-order chi connectivity index (χ1) is 11.2. The molecule has 2 fully saturated rings. The van der Waals surface area contributed by atoms with Gasteiger partial charge in [-0.3, -0.25) is 4.99 Å². The SMILES string of the molecule is CCNC(=NCC(O)COCC1CC1)N1CCC(OCC)CC1.I. The third-order valence-corrected chi connectivity index (χ3v) is 4.29. The summed E-state index contributed by atoms with van der Waals surface area (Å²) in [6.07, 6.45) is 4.47. The number of guanidine groups is 1. The molecule has 0 amide bonds. The van der Waals surface area contributed by atoms with Gasteiger partial charge in [0.1, 0.15) is 0 Å². The first-order valence-corrected chi connectivity index (χ1v) is 9.13. The Morgan fingerprint density at radius 3 is 2.54 bits per heavy atom. The highest BCUT2D eigenvalue weighted by molar-refractivity contribution is 14.0. The fourth-order valence-electron chi connectivity index (χ4n) is 2.80. The zero-order chi connectivity index (χ0) is 16.5. The van der Waals surface area contributed by atoms with Gasteiger partial charge in [-0.15, -0.1) is 24.0 Å². The number of halogens is 1. The van der Waals surface area contributed by atoms with E-state index in [2.05, 4.69) is 22.1 Å². The molecule has 1 saturated carbocycles. The molecule has 1 aliphatic carbocycles. The van der Waals surface area contributed by atoms with E-state index in [4.69, 9.17) is 9.47 Å². The first-order valence-electron chi connectivity index (χ1n) is 9.13. The highest BCUT2D eigenvalue weighted by Gasteiger charge is 2.23. The third-order valence-electron chi connectivity index (χ3n) is 4.29. The van der Waals surface area contributed by atoms with Gasteiger partial charge in [0.2, 0.25) is 0 Å². The zero-order valence-corrected chi connectivity index (χ0v) is 17.4. The summed E-state index contributed by atoms with van der Waals surface area (Å²) in [5.74, 6) is 1.62. The number of nitrogens with zero attached hydrogens (tertiary/aromatic N) is 2. The molecule has 0 aromatic carbocycles. The Kier molecular flexibility index (Phi) is 11.2. The number of nitrogens with one attached hydrogen (secondary N) is 1. The Labute approximate surface area is 163 Å². The highest BCUT2D eigenvalue weighted by Crippen LogP contribution is 2.28. The van der Waals surface area contributed by atoms with Crippen molar-refractivity contribution < 1.29 is 14.6 Å². The van der Waals surface area contributed by atoms with E-state index in [1.165, 1.54) is 12.8 Å². The Balaban J connectivity index is 0.00000288. The van der Waals surface area contributed by atoms with E-state index in [0.29, 0.717) is 19.3 Å². The molecule has 2 aliphatic rings. The summed E-state index contributed by atoms with van der Waals surface area (Å²) in [6, 6.07) is 0. The number of piperidine rings is 1. The maximum absolute atomic E-state index is 10.0. The predicted molar refractivity (Wildman–Crippen MR) is 107 cm³/mol. The average Bonchev–Trinajstić information content (AvgIpc) is 3.37. The summed E-state index contributed by atoms with van der Waals surface area (Å²) >= 11 is 0. The number of hydrogen-bond acceptors (Lipinski definition) is 4. The predicted octanol–water partition coefficient (Wildman–Crippen LogP) is 1.86. The van der Waals surface area contributed by atoms with Crippen LogP contribution in [-0.4, -0.2) is 74.2 Å². The molecule has 6 nitrogen and oxygen atoms in total. The molecule has 1 unspecified atom stereocenters. The fraction of sp³-hybridized carbons (Fsp3) is 0.941. The Morgan fingerprint density at radius 1 is 1.25 bits per heavy atom. The standard InChI is InChI=1S/C17H33N3O3.HI/c1-3-18-17(20-9-7-16(8-10-20)23-4-2)19-11-15(21)13-22-12-14-5-6-14;/h14-16,21H,3-13H2,1-2H3,(H,18,19);1H. The van der Waals surface area contributed by atoms with E-state index in [1.54, 1.807) is 0 Å². The van der Waals surface area contributed by atoms with Crippen LogP contribution in [0.25, 0.3) is 0 Å². The lowest BCUT2D eigenvalue weighted by Crippen LogP contribution is -2.47. The van der Waals surface area contributed by atoms with Gasteiger partial charge in [-0.2, -0.15) is 0 Å². The van der Waals surface area contributed by atoms with Crippen LogP contribution in [0.3, 0.4) is 0 Å². The molecule has 142 valence electrons. The van der Waals surface area contributed by atoms with Crippen LogP contribution < -0.4 is 5.32 Å². The Hall–Kier alpha value is -0.120. The fourth-order valence-corrected chi connectivity index (χ4v) is 2.80. The molecule has 1 aliphatic heterocycles. The molecule has 0 radical (unpaired) electrons. The molecule has 1 heterocycles. The van der Waals surface area contributed by atoms with E-state index < -0.39 is 6.10 Å². The molecule has 0 spiro atoms. The van der Waals surface area contributed by atoms with Crippen LogP contribution in [0.2, 0.25) is 0 Å². The lowest BCUT2D eigenvalue weighted by atomic mass is 10.1. The normalized spacial score (nSPS) is 20.6. The van der Waals surface area contributed by atoms with Gasteiger partial charge in [-0.05, 0) is 45.4 Å². The van der Waals surface area contributed by atoms with Crippen molar-refractivity contribution in [2.24, 2.45) is 10.9 Å². The van der Waals surface area contributed by atoms with Crippen LogP contribution in [0.5, 0.6) is 0 Å². The molecule has 7 heteroatoms. The van der Waals surface area contributed by atoms with Crippen molar-refractivity contribution in [2.45, 2.75) is 51.7 Å². The van der Waals surface area contributed by atoms with E-state index in [9.17, 15) is 5.11 Å². The van der Waals surface area contributed by atoms with E-state index >= 15 is 0 Å². The van der Waals surface area contributed by atoms with Gasteiger partial charge in [-0.1, -0.05) is 0 Å². The third kappa shape index (κ3) is 8.31. The van der Waals surface area contributed by atoms with Crippen molar-refractivity contribution in [3.05, 3.63) is 0 Å². The molecule has 0 bridgehead atoms. The van der Waals surface area contributed by atoms with Gasteiger partial charge < -0.3 is 24.8 Å². The van der Waals surface area contributed by atoms with Crippen molar-refractivity contribution in [3.8, 4) is 0 Å². The highest BCUT2D eigenvalue weighted by atomic mass is 127. The molecule has 0 aromatic rings. The minimum Gasteiger partial charge on any atom is -0.389 e. The Bertz CT molecular complexity index is 359. The smallest absolute Gasteiger partial charge is 0.194 e. The van der Waals surface area contributed by atoms with Crippen LogP contribution in [-0.2, 0) is 9.47 Å². The summed E-state index contributed by atoms with van der Waals surface area (Å²) in [4.78, 5) is 6.84. The van der Waals surface area contributed by atoms with E-state index in [-0.39, 0.29) is 24.0 Å². The number of aliphatic hydroxyl groups is 1. The summed E-state index contributed by atoms with van der Waals surface area (Å²) in [6.45, 7) is 9.18. The first kappa shape index (κ1) is 21.9. The average molecular weight is 455 g/mol. The van der Waals surface area contributed by atoms with Gasteiger partial charge in [0.15, 0.2) is 5.96 Å². The number of likely N-dealkylation sites (tertiary alicyclic amines) is 1. The summed E-state index contributed by atoms with van der Waals surface area (Å²) in [5, 5.41) is 13.3. The number of rotatable bonds is 9. The van der Waals surface area contributed by atoms with Gasteiger partial charge in [0, 0.05) is 32.8 Å². The molecule has 1 saturated heterocycles. The Morgan fingerprint density at radius 2 is 1.96 bits per heavy atom. The van der Waals surface area contributed by atoms with E-state index in [0.717, 1.165) is 57.6 Å². The summed E-state index contributed by atoms with van der Waals surface area (Å²) in [7, 11) is 0. The summed E-state index contributed by atoms with van der Waals surface area (Å²) in [5.41, 5.74) is 0. The van der Waals surface area contributed by atoms with Crippen LogP contribution in [0.15, 0.2) is 4.99 Å². The quantitative estimate of drug-likeness (QED) is 0.316. The molecule has 24 heavy (non-hydrogen) atoms. The van der Waals surface area contributed by atoms with Crippen molar-refractivity contribution in [1.82, 2.24) is 10.2 Å². The molecule has 2 N–H and O–H groups in total. The maximum atomic E-state index is 10.0. The minimum atomic E-state index is -0.525. The lowest BCUT2D eigenvalue weighted by Gasteiger charge is -2.34. The van der Waals surface area contributed by atoms with Crippen LogP contribution in [0.4, 0.5) is 0 Å². The largest absolute Gasteiger partial charge is 0.389 e. The molecule has 2 rings (SSSR count). The number of aliphatic hydroxyl groups excluding tert-OH is 1. The van der Waals surface area contributed by atoms with Crippen LogP contribution in [0, 0.1) is 5.92 Å². The second-order valence-electron chi connectivity index (χ2n) is 6.47. The second-order valence-corrected chi connectivity index (χ2v) is 6.47. The molecule has 1 atom stereocenters. The van der Waals surface area contributed by atoms with Crippen LogP contribution >= 0.6 is 24.0 Å². The van der Waals surface area contributed by atoms with Crippen molar-refractivity contribution in [3.63, 3.8) is 0 Å². The second kappa shape index (κ2) is 12.3.